The summed E-state index contributed by atoms with van der Waals surface area (Å²) in [6, 6.07) is 3.50. The number of hydrogen-bond donors (Lipinski definition) is 1. The molecule has 1 aromatic heterocycles. The zero-order valence-electron chi connectivity index (χ0n) is 6.86. The molecular formula is C8H5BrN2O2S. The van der Waals surface area contributed by atoms with E-state index in [1.54, 1.807) is 18.2 Å². The monoisotopic (exact) mass is 272 g/mol. The number of nitrogens with two attached hydrogens (primary N) is 1. The van der Waals surface area contributed by atoms with E-state index in [4.69, 9.17) is 10.2 Å². The van der Waals surface area contributed by atoms with Gasteiger partial charge in [-0.25, -0.2) is 0 Å². The zero-order chi connectivity index (χ0) is 10.1. The second kappa shape index (κ2) is 3.62. The minimum absolute atomic E-state index is 0.270. The molecule has 0 saturated heterocycles. The largest absolute Gasteiger partial charge is 0.450 e. The van der Waals surface area contributed by atoms with E-state index in [0.29, 0.717) is 15.3 Å². The third-order valence-corrected chi connectivity index (χ3v) is 2.74. The van der Waals surface area contributed by atoms with Gasteiger partial charge in [-0.3, -0.25) is 4.79 Å². The highest BCUT2D eigenvalue weighted by Crippen LogP contribution is 2.27. The molecule has 72 valence electrons. The van der Waals surface area contributed by atoms with E-state index in [1.165, 1.54) is 0 Å². The number of amides is 1. The van der Waals surface area contributed by atoms with Gasteiger partial charge in [-0.05, 0) is 39.8 Å². The van der Waals surface area contributed by atoms with Gasteiger partial charge in [-0.15, -0.1) is 0 Å². The Hall–Kier alpha value is -1.01. The highest BCUT2D eigenvalue weighted by Gasteiger charge is 2.19. The molecule has 4 nitrogen and oxygen atoms in total. The van der Waals surface area contributed by atoms with Crippen molar-refractivity contribution in [3.8, 4) is 0 Å². The third kappa shape index (κ3) is 1.91. The van der Waals surface area contributed by atoms with E-state index >= 15 is 0 Å². The van der Waals surface area contributed by atoms with Gasteiger partial charge >= 0.3 is 0 Å². The van der Waals surface area contributed by atoms with Crippen LogP contribution in [0.1, 0.15) is 5.76 Å². The van der Waals surface area contributed by atoms with Gasteiger partial charge in [0, 0.05) is 6.08 Å². The molecular weight excluding hydrogens is 268 g/mol. The highest BCUT2D eigenvalue weighted by molar-refractivity contribution is 9.10. The fourth-order valence-corrected chi connectivity index (χ4v) is 1.94. The molecule has 0 atom stereocenters. The Morgan fingerprint density at radius 3 is 2.86 bits per heavy atom. The van der Waals surface area contributed by atoms with Crippen LogP contribution in [-0.2, 0) is 4.79 Å². The number of amidine groups is 1. The van der Waals surface area contributed by atoms with Crippen molar-refractivity contribution in [3.63, 3.8) is 0 Å². The maximum Gasteiger partial charge on any atom is 0.286 e. The number of halogens is 1. The molecule has 1 aromatic rings. The van der Waals surface area contributed by atoms with Crippen molar-refractivity contribution in [3.05, 3.63) is 27.5 Å². The maximum atomic E-state index is 11.2. The first-order valence-corrected chi connectivity index (χ1v) is 5.29. The molecule has 0 saturated carbocycles. The van der Waals surface area contributed by atoms with Crippen molar-refractivity contribution in [1.29, 1.82) is 0 Å². The molecule has 0 radical (unpaired) electrons. The molecule has 2 rings (SSSR count). The summed E-state index contributed by atoms with van der Waals surface area (Å²) in [6.45, 7) is 0. The van der Waals surface area contributed by atoms with Crippen molar-refractivity contribution in [2.75, 3.05) is 0 Å². The fourth-order valence-electron chi connectivity index (χ4n) is 0.961. The first-order valence-electron chi connectivity index (χ1n) is 3.68. The van der Waals surface area contributed by atoms with E-state index in [9.17, 15) is 4.79 Å². The topological polar surface area (TPSA) is 68.6 Å². The Morgan fingerprint density at radius 2 is 2.36 bits per heavy atom. The second-order valence-corrected chi connectivity index (χ2v) is 4.35. The van der Waals surface area contributed by atoms with Crippen molar-refractivity contribution < 1.29 is 9.21 Å². The lowest BCUT2D eigenvalue weighted by atomic mass is 10.4. The highest BCUT2D eigenvalue weighted by atomic mass is 79.9. The summed E-state index contributed by atoms with van der Waals surface area (Å²) in [5, 5.41) is 0.270. The molecule has 1 aliphatic rings. The second-order valence-electron chi connectivity index (χ2n) is 2.51. The SMILES string of the molecule is NC1=NC(=O)/C(=C/c2ccc(Br)o2)S1. The Kier molecular flexibility index (Phi) is 2.47. The lowest BCUT2D eigenvalue weighted by Gasteiger charge is -1.89. The summed E-state index contributed by atoms with van der Waals surface area (Å²) >= 11 is 4.31. The molecule has 6 heteroatoms. The van der Waals surface area contributed by atoms with Gasteiger partial charge in [0.2, 0.25) is 0 Å². The molecule has 14 heavy (non-hydrogen) atoms. The maximum absolute atomic E-state index is 11.2. The minimum Gasteiger partial charge on any atom is -0.450 e. The van der Waals surface area contributed by atoms with Crippen LogP contribution in [0.2, 0.25) is 0 Å². The number of thioether (sulfide) groups is 1. The summed E-state index contributed by atoms with van der Waals surface area (Å²) in [5.41, 5.74) is 5.39. The van der Waals surface area contributed by atoms with Crippen molar-refractivity contribution in [1.82, 2.24) is 0 Å². The van der Waals surface area contributed by atoms with Crippen LogP contribution in [0.25, 0.3) is 6.08 Å². The molecule has 0 aromatic carbocycles. The van der Waals surface area contributed by atoms with Gasteiger partial charge in [0.1, 0.15) is 5.76 Å². The quantitative estimate of drug-likeness (QED) is 0.794. The van der Waals surface area contributed by atoms with Crippen LogP contribution in [-0.4, -0.2) is 11.1 Å². The molecule has 0 unspecified atom stereocenters. The number of hydrogen-bond acceptors (Lipinski definition) is 4. The van der Waals surface area contributed by atoms with Crippen LogP contribution in [0.4, 0.5) is 0 Å². The van der Waals surface area contributed by atoms with E-state index < -0.39 is 0 Å². The predicted molar refractivity (Wildman–Crippen MR) is 58.6 cm³/mol. The number of carbonyl (C=O) groups excluding carboxylic acids is 1. The zero-order valence-corrected chi connectivity index (χ0v) is 9.26. The van der Waals surface area contributed by atoms with Crippen LogP contribution in [0.3, 0.4) is 0 Å². The normalized spacial score (nSPS) is 19.1. The van der Waals surface area contributed by atoms with Crippen LogP contribution in [0.5, 0.6) is 0 Å². The molecule has 0 bridgehead atoms. The number of rotatable bonds is 1. The first kappa shape index (κ1) is 9.54. The third-order valence-electron chi connectivity index (χ3n) is 1.50. The number of aliphatic imine (C=N–C) groups is 1. The molecule has 0 aliphatic carbocycles. The summed E-state index contributed by atoms with van der Waals surface area (Å²) in [4.78, 5) is 15.2. The smallest absolute Gasteiger partial charge is 0.286 e. The average molecular weight is 273 g/mol. The van der Waals surface area contributed by atoms with Crippen LogP contribution in [0.15, 0.2) is 31.1 Å². The molecule has 1 amide bonds. The molecule has 2 N–H and O–H groups in total. The van der Waals surface area contributed by atoms with Crippen LogP contribution < -0.4 is 5.73 Å². The van der Waals surface area contributed by atoms with E-state index in [-0.39, 0.29) is 11.1 Å². The summed E-state index contributed by atoms with van der Waals surface area (Å²) in [6.07, 6.45) is 1.61. The van der Waals surface area contributed by atoms with Gasteiger partial charge in [0.15, 0.2) is 9.84 Å². The molecule has 2 heterocycles. The van der Waals surface area contributed by atoms with Gasteiger partial charge in [-0.2, -0.15) is 4.99 Å². The van der Waals surface area contributed by atoms with Crippen molar-refractivity contribution in [2.45, 2.75) is 0 Å². The molecule has 1 aliphatic heterocycles. The van der Waals surface area contributed by atoms with Gasteiger partial charge in [0.05, 0.1) is 4.91 Å². The minimum atomic E-state index is -0.319. The summed E-state index contributed by atoms with van der Waals surface area (Å²) in [5.74, 6) is 0.276. The molecule has 0 fully saturated rings. The van der Waals surface area contributed by atoms with Crippen molar-refractivity contribution in [2.24, 2.45) is 10.7 Å². The van der Waals surface area contributed by atoms with Crippen LogP contribution >= 0.6 is 27.7 Å². The van der Waals surface area contributed by atoms with E-state index in [2.05, 4.69) is 20.9 Å². The summed E-state index contributed by atoms with van der Waals surface area (Å²) < 4.78 is 5.83. The van der Waals surface area contributed by atoms with E-state index in [0.717, 1.165) is 11.8 Å². The summed E-state index contributed by atoms with van der Waals surface area (Å²) in [7, 11) is 0. The fraction of sp³-hybridized carbons (Fsp3) is 0. The standard InChI is InChI=1S/C8H5BrN2O2S/c9-6-2-1-4(13-6)3-5-7(12)11-8(10)14-5/h1-3H,(H2,10,11,12)/b5-3-. The molecule has 0 spiro atoms. The number of nitrogens with zero attached hydrogens (tertiary/aromatic N) is 1. The predicted octanol–water partition coefficient (Wildman–Crippen LogP) is 1.97. The van der Waals surface area contributed by atoms with Gasteiger partial charge < -0.3 is 10.2 Å². The average Bonchev–Trinajstić information content (AvgIpc) is 2.61. The number of furan rings is 1. The Labute approximate surface area is 92.4 Å². The lowest BCUT2D eigenvalue weighted by Crippen LogP contribution is -2.01. The van der Waals surface area contributed by atoms with Crippen molar-refractivity contribution >= 4 is 44.8 Å². The Balaban J connectivity index is 2.25. The van der Waals surface area contributed by atoms with Gasteiger partial charge in [0.25, 0.3) is 5.91 Å². The lowest BCUT2D eigenvalue weighted by molar-refractivity contribution is -0.113. The number of carbonyl (C=O) groups is 1. The Morgan fingerprint density at radius 1 is 1.57 bits per heavy atom. The van der Waals surface area contributed by atoms with Crippen LogP contribution in [0, 0.1) is 0 Å². The van der Waals surface area contributed by atoms with Gasteiger partial charge in [-0.1, -0.05) is 0 Å². The first-order chi connectivity index (χ1) is 6.65. The Bertz CT molecular complexity index is 450. The van der Waals surface area contributed by atoms with E-state index in [1.807, 2.05) is 0 Å².